The van der Waals surface area contributed by atoms with Crippen LogP contribution >= 0.6 is 0 Å². The van der Waals surface area contributed by atoms with Gasteiger partial charge in [-0.3, -0.25) is 0 Å². The number of hydrogen-bond acceptors (Lipinski definition) is 2. The van der Waals surface area contributed by atoms with Crippen molar-refractivity contribution in [2.45, 2.75) is 64.4 Å². The summed E-state index contributed by atoms with van der Waals surface area (Å²) in [7, 11) is 0. The topological polar surface area (TPSA) is 45.2 Å². The van der Waals surface area contributed by atoms with Crippen molar-refractivity contribution in [2.24, 2.45) is 0 Å². The van der Waals surface area contributed by atoms with Crippen LogP contribution in [0, 0.1) is 0 Å². The number of nitrogens with one attached hydrogen (secondary N) is 1. The molecule has 1 unspecified atom stereocenters. The van der Waals surface area contributed by atoms with E-state index in [1.807, 2.05) is 6.08 Å². The average Bonchev–Trinajstić information content (AvgIpc) is 2.99. The first-order valence-corrected chi connectivity index (χ1v) is 9.59. The minimum absolute atomic E-state index is 0.143. The largest absolute Gasteiger partial charge is 0.396 e. The van der Waals surface area contributed by atoms with Gasteiger partial charge in [0.05, 0.1) is 12.3 Å². The molecule has 2 aromatic rings. The van der Waals surface area contributed by atoms with Crippen LogP contribution in [-0.2, 0) is 23.2 Å². The molecule has 1 aliphatic rings. The van der Waals surface area contributed by atoms with Crippen LogP contribution in [0.4, 0.5) is 0 Å². The van der Waals surface area contributed by atoms with Gasteiger partial charge in [-0.2, -0.15) is 0 Å². The second-order valence-electron chi connectivity index (χ2n) is 7.49. The van der Waals surface area contributed by atoms with Crippen molar-refractivity contribution in [3.8, 4) is 0 Å². The third kappa shape index (κ3) is 3.16. The van der Waals surface area contributed by atoms with Crippen LogP contribution in [0.3, 0.4) is 0 Å². The van der Waals surface area contributed by atoms with Crippen LogP contribution in [0.1, 0.15) is 68.3 Å². The Morgan fingerprint density at radius 1 is 1.40 bits per heavy atom. The molecule has 0 spiro atoms. The van der Waals surface area contributed by atoms with E-state index in [4.69, 9.17) is 4.74 Å². The number of aromatic amines is 1. The number of hydrogen-bond donors (Lipinski definition) is 2. The molecule has 2 heterocycles. The van der Waals surface area contributed by atoms with Crippen molar-refractivity contribution >= 4 is 10.9 Å². The third-order valence-electron chi connectivity index (χ3n) is 5.64. The molecule has 0 saturated heterocycles. The van der Waals surface area contributed by atoms with Gasteiger partial charge in [0.2, 0.25) is 0 Å². The van der Waals surface area contributed by atoms with Crippen molar-refractivity contribution in [1.29, 1.82) is 0 Å². The lowest BCUT2D eigenvalue weighted by molar-refractivity contribution is -0.0795. The summed E-state index contributed by atoms with van der Waals surface area (Å²) in [5.74, 6) is 0.459. The van der Waals surface area contributed by atoms with Crippen LogP contribution < -0.4 is 0 Å². The van der Waals surface area contributed by atoms with Crippen molar-refractivity contribution < 1.29 is 9.84 Å². The lowest BCUT2D eigenvalue weighted by atomic mass is 9.86. The molecule has 0 bridgehead atoms. The first-order chi connectivity index (χ1) is 12.1. The highest BCUT2D eigenvalue weighted by Gasteiger charge is 2.38. The number of aliphatic hydroxyl groups is 1. The number of aromatic nitrogens is 1. The molecule has 0 radical (unpaired) electrons. The van der Waals surface area contributed by atoms with Gasteiger partial charge in [0.15, 0.2) is 0 Å². The molecule has 3 nitrogen and oxygen atoms in total. The molecule has 2 N–H and O–H groups in total. The van der Waals surface area contributed by atoms with Gasteiger partial charge in [0.1, 0.15) is 5.60 Å². The summed E-state index contributed by atoms with van der Waals surface area (Å²) >= 11 is 0. The zero-order valence-electron chi connectivity index (χ0n) is 15.8. The maximum atomic E-state index is 9.60. The van der Waals surface area contributed by atoms with Gasteiger partial charge in [-0.05, 0) is 54.4 Å². The highest BCUT2D eigenvalue weighted by molar-refractivity contribution is 5.89. The SMILES string of the molecule is C=CCCc1cc(C(C)C)c2[nH]c3c(c2c1)CCOC3(CC)CCO. The van der Waals surface area contributed by atoms with Crippen LogP contribution in [0.5, 0.6) is 0 Å². The zero-order valence-corrected chi connectivity index (χ0v) is 15.8. The molecule has 0 saturated carbocycles. The number of fused-ring (bicyclic) bond motifs is 3. The molecule has 136 valence electrons. The van der Waals surface area contributed by atoms with Gasteiger partial charge >= 0.3 is 0 Å². The number of rotatable bonds is 7. The van der Waals surface area contributed by atoms with E-state index < -0.39 is 0 Å². The summed E-state index contributed by atoms with van der Waals surface area (Å²) in [6.45, 7) is 11.4. The van der Waals surface area contributed by atoms with E-state index in [1.54, 1.807) is 0 Å². The number of benzene rings is 1. The van der Waals surface area contributed by atoms with Gasteiger partial charge in [-0.25, -0.2) is 0 Å². The summed E-state index contributed by atoms with van der Waals surface area (Å²) < 4.78 is 6.20. The zero-order chi connectivity index (χ0) is 18.0. The van der Waals surface area contributed by atoms with Crippen LogP contribution in [0.25, 0.3) is 10.9 Å². The van der Waals surface area contributed by atoms with Crippen LogP contribution in [0.15, 0.2) is 24.8 Å². The van der Waals surface area contributed by atoms with E-state index in [0.717, 1.165) is 32.3 Å². The van der Waals surface area contributed by atoms with Crippen molar-refractivity contribution in [3.63, 3.8) is 0 Å². The summed E-state index contributed by atoms with van der Waals surface area (Å²) in [6.07, 6.45) is 6.47. The Hall–Kier alpha value is -1.58. The van der Waals surface area contributed by atoms with Gasteiger partial charge in [0, 0.05) is 23.9 Å². The van der Waals surface area contributed by atoms with Gasteiger partial charge in [-0.1, -0.05) is 32.9 Å². The Balaban J connectivity index is 2.22. The van der Waals surface area contributed by atoms with Gasteiger partial charge in [0.25, 0.3) is 0 Å². The Labute approximate surface area is 151 Å². The van der Waals surface area contributed by atoms with E-state index in [-0.39, 0.29) is 12.2 Å². The molecule has 0 fully saturated rings. The fraction of sp³-hybridized carbons (Fsp3) is 0.545. The lowest BCUT2D eigenvalue weighted by Crippen LogP contribution is -2.36. The third-order valence-corrected chi connectivity index (χ3v) is 5.64. The summed E-state index contributed by atoms with van der Waals surface area (Å²) in [6, 6.07) is 4.70. The fourth-order valence-electron chi connectivity index (χ4n) is 4.21. The first kappa shape index (κ1) is 18.2. The van der Waals surface area contributed by atoms with Crippen molar-refractivity contribution in [1.82, 2.24) is 4.98 Å². The van der Waals surface area contributed by atoms with E-state index in [9.17, 15) is 5.11 Å². The predicted molar refractivity (Wildman–Crippen MR) is 104 cm³/mol. The molecular weight excluding hydrogens is 310 g/mol. The number of ether oxygens (including phenoxy) is 1. The lowest BCUT2D eigenvalue weighted by Gasteiger charge is -2.36. The Morgan fingerprint density at radius 2 is 2.20 bits per heavy atom. The van der Waals surface area contributed by atoms with Gasteiger partial charge in [-0.15, -0.1) is 6.58 Å². The Kier molecular flexibility index (Phi) is 5.35. The smallest absolute Gasteiger partial charge is 0.110 e. The highest BCUT2D eigenvalue weighted by atomic mass is 16.5. The quantitative estimate of drug-likeness (QED) is 0.698. The number of aliphatic hydroxyl groups excluding tert-OH is 1. The highest BCUT2D eigenvalue weighted by Crippen LogP contribution is 2.43. The second-order valence-corrected chi connectivity index (χ2v) is 7.49. The minimum Gasteiger partial charge on any atom is -0.396 e. The molecule has 0 amide bonds. The Bertz CT molecular complexity index is 759. The van der Waals surface area contributed by atoms with Crippen LogP contribution in [-0.4, -0.2) is 23.3 Å². The first-order valence-electron chi connectivity index (χ1n) is 9.59. The van der Waals surface area contributed by atoms with E-state index in [2.05, 4.69) is 44.5 Å². The predicted octanol–water partition coefficient (Wildman–Crippen LogP) is 4.97. The molecule has 1 aliphatic heterocycles. The normalized spacial score (nSPS) is 20.2. The van der Waals surface area contributed by atoms with Crippen molar-refractivity contribution in [2.75, 3.05) is 13.2 Å². The molecule has 3 rings (SSSR count). The summed E-state index contributed by atoms with van der Waals surface area (Å²) in [4.78, 5) is 3.72. The Morgan fingerprint density at radius 3 is 2.84 bits per heavy atom. The summed E-state index contributed by atoms with van der Waals surface area (Å²) in [5.41, 5.74) is 6.21. The molecule has 1 aromatic heterocycles. The fourth-order valence-corrected chi connectivity index (χ4v) is 4.21. The molecule has 3 heteroatoms. The van der Waals surface area contributed by atoms with Crippen molar-refractivity contribution in [3.05, 3.63) is 47.2 Å². The number of H-pyrrole nitrogens is 1. The van der Waals surface area contributed by atoms with E-state index in [0.29, 0.717) is 12.3 Å². The van der Waals surface area contributed by atoms with E-state index >= 15 is 0 Å². The van der Waals surface area contributed by atoms with Gasteiger partial charge < -0.3 is 14.8 Å². The summed E-state index contributed by atoms with van der Waals surface area (Å²) in [5, 5.41) is 10.9. The molecule has 0 aliphatic carbocycles. The van der Waals surface area contributed by atoms with E-state index in [1.165, 1.54) is 33.3 Å². The molecule has 25 heavy (non-hydrogen) atoms. The maximum absolute atomic E-state index is 9.60. The monoisotopic (exact) mass is 341 g/mol. The average molecular weight is 341 g/mol. The second kappa shape index (κ2) is 7.35. The standard InChI is InChI=1S/C22H31NO2/c1-5-7-8-16-13-18(15(3)4)20-19(14-16)17-9-12-25-22(6-2,10-11-24)21(17)23-20/h5,13-15,23-24H,1,6-12H2,2-4H3. The number of allylic oxidation sites excluding steroid dienone is 1. The maximum Gasteiger partial charge on any atom is 0.110 e. The molecule has 1 aromatic carbocycles. The van der Waals surface area contributed by atoms with Crippen LogP contribution in [0.2, 0.25) is 0 Å². The molecular formula is C22H31NO2. The number of aryl methyl sites for hydroxylation is 1. The molecule has 1 atom stereocenters. The minimum atomic E-state index is -0.378.